The highest BCUT2D eigenvalue weighted by Crippen LogP contribution is 2.28. The number of benzene rings is 1. The van der Waals surface area contributed by atoms with E-state index in [0.717, 1.165) is 5.56 Å². The Kier molecular flexibility index (Phi) is 4.07. The van der Waals surface area contributed by atoms with Crippen LogP contribution < -0.4 is 0 Å². The van der Waals surface area contributed by atoms with Crippen LogP contribution in [0.2, 0.25) is 0 Å². The second-order valence-electron chi connectivity index (χ2n) is 4.02. The predicted molar refractivity (Wildman–Crippen MR) is 61.9 cm³/mol. The lowest BCUT2D eigenvalue weighted by atomic mass is 9.88. The molecule has 2 atom stereocenters. The van der Waals surface area contributed by atoms with Crippen molar-refractivity contribution in [1.82, 2.24) is 0 Å². The van der Waals surface area contributed by atoms with Gasteiger partial charge >= 0.3 is 5.97 Å². The van der Waals surface area contributed by atoms with Gasteiger partial charge in [-0.25, -0.2) is 0 Å². The molecular formula is C13H18O3. The molecule has 1 N–H and O–H groups in total. The van der Waals surface area contributed by atoms with Gasteiger partial charge < -0.3 is 9.84 Å². The highest BCUT2D eigenvalue weighted by atomic mass is 16.6. The van der Waals surface area contributed by atoms with Crippen LogP contribution in [0.15, 0.2) is 30.3 Å². The van der Waals surface area contributed by atoms with Crippen LogP contribution in [0.25, 0.3) is 0 Å². The van der Waals surface area contributed by atoms with Crippen LogP contribution in [0.4, 0.5) is 0 Å². The molecule has 1 rings (SSSR count). The summed E-state index contributed by atoms with van der Waals surface area (Å²) in [5, 5.41) is 10.4. The van der Waals surface area contributed by atoms with Gasteiger partial charge in [0.25, 0.3) is 0 Å². The SMILES string of the molecule is CC[C@@H](OC(C)=O)C(C)(O)c1ccccc1. The molecule has 0 saturated carbocycles. The number of rotatable bonds is 4. The molecule has 0 spiro atoms. The maximum absolute atomic E-state index is 11.0. The number of hydrogen-bond acceptors (Lipinski definition) is 3. The molecule has 1 aromatic carbocycles. The average Bonchev–Trinajstić information content (AvgIpc) is 2.26. The lowest BCUT2D eigenvalue weighted by Gasteiger charge is -2.32. The van der Waals surface area contributed by atoms with Crippen molar-refractivity contribution in [3.63, 3.8) is 0 Å². The van der Waals surface area contributed by atoms with Crippen LogP contribution in [0.1, 0.15) is 32.8 Å². The maximum atomic E-state index is 11.0. The van der Waals surface area contributed by atoms with Gasteiger partial charge in [-0.05, 0) is 18.9 Å². The van der Waals surface area contributed by atoms with Crippen molar-refractivity contribution >= 4 is 5.97 Å². The summed E-state index contributed by atoms with van der Waals surface area (Å²) in [5.41, 5.74) is -0.398. The Morgan fingerprint density at radius 3 is 2.44 bits per heavy atom. The minimum absolute atomic E-state index is 0.372. The largest absolute Gasteiger partial charge is 0.459 e. The second kappa shape index (κ2) is 5.12. The van der Waals surface area contributed by atoms with Crippen LogP contribution in [-0.2, 0) is 15.1 Å². The molecule has 3 nitrogen and oxygen atoms in total. The molecule has 0 aliphatic heterocycles. The summed E-state index contributed by atoms with van der Waals surface area (Å²) < 4.78 is 5.13. The molecule has 88 valence electrons. The zero-order valence-electron chi connectivity index (χ0n) is 9.93. The Balaban J connectivity index is 2.94. The minimum atomic E-state index is -1.15. The zero-order valence-corrected chi connectivity index (χ0v) is 9.93. The van der Waals surface area contributed by atoms with Crippen LogP contribution in [0, 0.1) is 0 Å². The van der Waals surface area contributed by atoms with Crippen molar-refractivity contribution in [2.24, 2.45) is 0 Å². The molecule has 16 heavy (non-hydrogen) atoms. The first kappa shape index (κ1) is 12.7. The fourth-order valence-electron chi connectivity index (χ4n) is 1.76. The Hall–Kier alpha value is -1.35. The maximum Gasteiger partial charge on any atom is 0.303 e. The number of esters is 1. The standard InChI is InChI=1S/C13H18O3/c1-4-12(16-10(2)14)13(3,15)11-8-6-5-7-9-11/h5-9,12,15H,4H2,1-3H3/t12-,13?/m1/s1. The first-order chi connectivity index (χ1) is 7.48. The van der Waals surface area contributed by atoms with Gasteiger partial charge in [0.05, 0.1) is 0 Å². The van der Waals surface area contributed by atoms with Crippen molar-refractivity contribution in [3.05, 3.63) is 35.9 Å². The summed E-state index contributed by atoms with van der Waals surface area (Å²) >= 11 is 0. The van der Waals surface area contributed by atoms with E-state index < -0.39 is 11.7 Å². The third-order valence-corrected chi connectivity index (χ3v) is 2.66. The lowest BCUT2D eigenvalue weighted by Crippen LogP contribution is -2.39. The van der Waals surface area contributed by atoms with Crippen LogP contribution in [-0.4, -0.2) is 17.2 Å². The third kappa shape index (κ3) is 2.83. The van der Waals surface area contributed by atoms with E-state index in [2.05, 4.69) is 0 Å². The zero-order chi connectivity index (χ0) is 12.2. The van der Waals surface area contributed by atoms with Gasteiger partial charge in [-0.15, -0.1) is 0 Å². The van der Waals surface area contributed by atoms with Crippen molar-refractivity contribution in [1.29, 1.82) is 0 Å². The van der Waals surface area contributed by atoms with Crippen LogP contribution in [0.3, 0.4) is 0 Å². The first-order valence-corrected chi connectivity index (χ1v) is 5.43. The molecule has 0 aromatic heterocycles. The number of ether oxygens (including phenoxy) is 1. The van der Waals surface area contributed by atoms with E-state index in [1.54, 1.807) is 6.92 Å². The normalized spacial score (nSPS) is 16.2. The summed E-state index contributed by atoms with van der Waals surface area (Å²) in [6.45, 7) is 4.90. The van der Waals surface area contributed by atoms with Crippen molar-refractivity contribution in [2.75, 3.05) is 0 Å². The van der Waals surface area contributed by atoms with Crippen LogP contribution in [0.5, 0.6) is 0 Å². The predicted octanol–water partition coefficient (Wildman–Crippen LogP) is 2.24. The summed E-state index contributed by atoms with van der Waals surface area (Å²) in [6.07, 6.45) is 0.0500. The molecule has 0 radical (unpaired) electrons. The number of carbonyl (C=O) groups excluding carboxylic acids is 1. The lowest BCUT2D eigenvalue weighted by molar-refractivity contribution is -0.162. The summed E-state index contributed by atoms with van der Waals surface area (Å²) in [7, 11) is 0. The fraction of sp³-hybridized carbons (Fsp3) is 0.462. The quantitative estimate of drug-likeness (QED) is 0.795. The Labute approximate surface area is 96.1 Å². The van der Waals surface area contributed by atoms with E-state index in [4.69, 9.17) is 4.74 Å². The highest BCUT2D eigenvalue weighted by molar-refractivity contribution is 5.66. The molecule has 1 unspecified atom stereocenters. The molecule has 3 heteroatoms. The summed E-state index contributed by atoms with van der Waals surface area (Å²) in [5.74, 6) is -0.372. The molecular weight excluding hydrogens is 204 g/mol. The first-order valence-electron chi connectivity index (χ1n) is 5.43. The Bertz CT molecular complexity index is 343. The molecule has 0 aliphatic carbocycles. The molecule has 0 amide bonds. The van der Waals surface area contributed by atoms with E-state index >= 15 is 0 Å². The van der Waals surface area contributed by atoms with Gasteiger partial charge in [-0.2, -0.15) is 0 Å². The van der Waals surface area contributed by atoms with Gasteiger partial charge in [-0.1, -0.05) is 37.3 Å². The van der Waals surface area contributed by atoms with Gasteiger partial charge in [-0.3, -0.25) is 4.79 Å². The van der Waals surface area contributed by atoms with Crippen molar-refractivity contribution in [2.45, 2.75) is 38.9 Å². The van der Waals surface area contributed by atoms with Crippen molar-refractivity contribution < 1.29 is 14.6 Å². The molecule has 0 aliphatic rings. The summed E-state index contributed by atoms with van der Waals surface area (Å²) in [4.78, 5) is 11.0. The van der Waals surface area contributed by atoms with Gasteiger partial charge in [0.15, 0.2) is 0 Å². The topological polar surface area (TPSA) is 46.5 Å². The fourth-order valence-corrected chi connectivity index (χ4v) is 1.76. The number of carbonyl (C=O) groups is 1. The van der Waals surface area contributed by atoms with Gasteiger partial charge in [0, 0.05) is 6.92 Å². The minimum Gasteiger partial charge on any atom is -0.459 e. The molecule has 0 saturated heterocycles. The molecule has 1 aromatic rings. The average molecular weight is 222 g/mol. The summed E-state index contributed by atoms with van der Waals surface area (Å²) in [6, 6.07) is 9.24. The molecule has 0 bridgehead atoms. The smallest absolute Gasteiger partial charge is 0.303 e. The van der Waals surface area contributed by atoms with Crippen LogP contribution >= 0.6 is 0 Å². The number of hydrogen-bond donors (Lipinski definition) is 1. The molecule has 0 fully saturated rings. The van der Waals surface area contributed by atoms with E-state index in [1.807, 2.05) is 37.3 Å². The van der Waals surface area contributed by atoms with Crippen molar-refractivity contribution in [3.8, 4) is 0 Å². The van der Waals surface area contributed by atoms with E-state index in [-0.39, 0.29) is 5.97 Å². The van der Waals surface area contributed by atoms with Gasteiger partial charge in [0.1, 0.15) is 11.7 Å². The van der Waals surface area contributed by atoms with E-state index in [0.29, 0.717) is 6.42 Å². The monoisotopic (exact) mass is 222 g/mol. The number of aliphatic hydroxyl groups is 1. The third-order valence-electron chi connectivity index (χ3n) is 2.66. The Morgan fingerprint density at radius 2 is 2.00 bits per heavy atom. The van der Waals surface area contributed by atoms with E-state index in [1.165, 1.54) is 6.92 Å². The Morgan fingerprint density at radius 1 is 1.44 bits per heavy atom. The van der Waals surface area contributed by atoms with Gasteiger partial charge in [0.2, 0.25) is 0 Å². The second-order valence-corrected chi connectivity index (χ2v) is 4.02. The highest BCUT2D eigenvalue weighted by Gasteiger charge is 2.34. The van der Waals surface area contributed by atoms with E-state index in [9.17, 15) is 9.90 Å². The molecule has 0 heterocycles.